The van der Waals surface area contributed by atoms with Gasteiger partial charge in [-0.3, -0.25) is 4.79 Å². The number of unbranched alkanes of at least 4 members (excludes halogenated alkanes) is 4. The normalized spacial score (nSPS) is 20.8. The monoisotopic (exact) mass is 330 g/mol. The number of benzene rings is 1. The summed E-state index contributed by atoms with van der Waals surface area (Å²) >= 11 is 0. The van der Waals surface area contributed by atoms with E-state index in [1.54, 1.807) is 0 Å². The summed E-state index contributed by atoms with van der Waals surface area (Å²) in [6, 6.07) is 8.61. The zero-order valence-electron chi connectivity index (χ0n) is 15.6. The van der Waals surface area contributed by atoms with Crippen molar-refractivity contribution < 1.29 is 9.53 Å². The van der Waals surface area contributed by atoms with Crippen LogP contribution in [0, 0.1) is 5.92 Å². The molecule has 1 aromatic rings. The zero-order valence-corrected chi connectivity index (χ0v) is 15.6. The van der Waals surface area contributed by atoms with Crippen molar-refractivity contribution in [3.8, 4) is 0 Å². The van der Waals surface area contributed by atoms with Gasteiger partial charge in [0.2, 0.25) is 0 Å². The highest BCUT2D eigenvalue weighted by Crippen LogP contribution is 2.37. The molecule has 0 unspecified atom stereocenters. The average molecular weight is 331 g/mol. The zero-order chi connectivity index (χ0) is 17.2. The lowest BCUT2D eigenvalue weighted by Gasteiger charge is -2.29. The van der Waals surface area contributed by atoms with Gasteiger partial charge < -0.3 is 4.74 Å². The molecule has 0 spiro atoms. The molecule has 0 aliphatic heterocycles. The van der Waals surface area contributed by atoms with Crippen LogP contribution < -0.4 is 0 Å². The van der Waals surface area contributed by atoms with Gasteiger partial charge in [0.05, 0.1) is 13.5 Å². The number of ether oxygens (including phenoxy) is 1. The quantitative estimate of drug-likeness (QED) is 0.408. The molecule has 1 aromatic carbocycles. The second-order valence-corrected chi connectivity index (χ2v) is 7.42. The van der Waals surface area contributed by atoms with Crippen molar-refractivity contribution in [1.82, 2.24) is 0 Å². The number of esters is 1. The predicted molar refractivity (Wildman–Crippen MR) is 100 cm³/mol. The first kappa shape index (κ1) is 19.0. The number of carbonyl (C=O) groups excluding carboxylic acids is 1. The summed E-state index contributed by atoms with van der Waals surface area (Å²) in [5.74, 6) is 1.51. The molecule has 0 heterocycles. The van der Waals surface area contributed by atoms with E-state index in [0.29, 0.717) is 12.3 Å². The first-order chi connectivity index (χ1) is 11.7. The Kier molecular flexibility index (Phi) is 8.35. The second-order valence-electron chi connectivity index (χ2n) is 7.42. The molecule has 1 aliphatic rings. The van der Waals surface area contributed by atoms with Gasteiger partial charge >= 0.3 is 5.97 Å². The van der Waals surface area contributed by atoms with Gasteiger partial charge in [0.15, 0.2) is 0 Å². The molecule has 1 saturated carbocycles. The molecule has 0 saturated heterocycles. The Morgan fingerprint density at radius 2 is 1.67 bits per heavy atom. The van der Waals surface area contributed by atoms with Crippen LogP contribution in [0.2, 0.25) is 0 Å². The van der Waals surface area contributed by atoms with Crippen LogP contribution in [-0.2, 0) is 16.0 Å². The topological polar surface area (TPSA) is 26.3 Å². The molecule has 0 radical (unpaired) electrons. The summed E-state index contributed by atoms with van der Waals surface area (Å²) in [4.78, 5) is 11.3. The van der Waals surface area contributed by atoms with E-state index < -0.39 is 0 Å². The van der Waals surface area contributed by atoms with Gasteiger partial charge in [-0.1, -0.05) is 69.7 Å². The maximum absolute atomic E-state index is 11.3. The summed E-state index contributed by atoms with van der Waals surface area (Å²) in [6.45, 7) is 2.28. The standard InChI is InChI=1S/C22H34O2/c1-3-4-5-6-7-8-18-9-13-20(14-10-18)21-15-11-19(12-16-21)17-22(23)24-2/h11-12,15-16,18,20H,3-10,13-14,17H2,1-2H3. The summed E-state index contributed by atoms with van der Waals surface area (Å²) in [5, 5.41) is 0. The number of methoxy groups -OCH3 is 1. The van der Waals surface area contributed by atoms with Crippen molar-refractivity contribution in [2.75, 3.05) is 7.11 Å². The number of hydrogen-bond donors (Lipinski definition) is 0. The fraction of sp³-hybridized carbons (Fsp3) is 0.682. The van der Waals surface area contributed by atoms with E-state index in [2.05, 4.69) is 31.2 Å². The SMILES string of the molecule is CCCCCCCC1CCC(c2ccc(CC(=O)OC)cc2)CC1. The van der Waals surface area contributed by atoms with E-state index >= 15 is 0 Å². The van der Waals surface area contributed by atoms with Crippen LogP contribution >= 0.6 is 0 Å². The molecule has 0 bridgehead atoms. The van der Waals surface area contributed by atoms with Crippen LogP contribution in [0.15, 0.2) is 24.3 Å². The fourth-order valence-corrected chi connectivity index (χ4v) is 3.97. The maximum Gasteiger partial charge on any atom is 0.309 e. The third-order valence-corrected chi connectivity index (χ3v) is 5.59. The minimum atomic E-state index is -0.165. The van der Waals surface area contributed by atoms with E-state index in [1.807, 2.05) is 0 Å². The van der Waals surface area contributed by atoms with Crippen molar-refractivity contribution in [3.63, 3.8) is 0 Å². The van der Waals surface area contributed by atoms with E-state index in [-0.39, 0.29) is 5.97 Å². The highest BCUT2D eigenvalue weighted by Gasteiger charge is 2.22. The Hall–Kier alpha value is -1.31. The molecule has 24 heavy (non-hydrogen) atoms. The van der Waals surface area contributed by atoms with Gasteiger partial charge in [-0.25, -0.2) is 0 Å². The van der Waals surface area contributed by atoms with Crippen molar-refractivity contribution >= 4 is 5.97 Å². The number of rotatable bonds is 9. The van der Waals surface area contributed by atoms with Gasteiger partial charge in [-0.2, -0.15) is 0 Å². The molecular weight excluding hydrogens is 296 g/mol. The average Bonchev–Trinajstić information content (AvgIpc) is 2.63. The summed E-state index contributed by atoms with van der Waals surface area (Å²) in [5.41, 5.74) is 2.50. The van der Waals surface area contributed by atoms with Crippen LogP contribution in [-0.4, -0.2) is 13.1 Å². The smallest absolute Gasteiger partial charge is 0.309 e. The molecule has 134 valence electrons. The largest absolute Gasteiger partial charge is 0.469 e. The Labute approximate surface area is 148 Å². The van der Waals surface area contributed by atoms with Crippen molar-refractivity contribution in [3.05, 3.63) is 35.4 Å². The summed E-state index contributed by atoms with van der Waals surface area (Å²) < 4.78 is 4.73. The Morgan fingerprint density at radius 3 is 2.29 bits per heavy atom. The highest BCUT2D eigenvalue weighted by atomic mass is 16.5. The molecular formula is C22H34O2. The van der Waals surface area contributed by atoms with Crippen LogP contribution in [0.25, 0.3) is 0 Å². The minimum Gasteiger partial charge on any atom is -0.469 e. The highest BCUT2D eigenvalue weighted by molar-refractivity contribution is 5.72. The maximum atomic E-state index is 11.3. The molecule has 2 nitrogen and oxygen atoms in total. The number of carbonyl (C=O) groups is 1. The lowest BCUT2D eigenvalue weighted by molar-refractivity contribution is -0.139. The third kappa shape index (κ3) is 6.30. The Bertz CT molecular complexity index is 469. The van der Waals surface area contributed by atoms with E-state index in [1.165, 1.54) is 76.9 Å². The molecule has 0 atom stereocenters. The van der Waals surface area contributed by atoms with Gasteiger partial charge in [0.25, 0.3) is 0 Å². The van der Waals surface area contributed by atoms with Crippen molar-refractivity contribution in [2.24, 2.45) is 5.92 Å². The lowest BCUT2D eigenvalue weighted by atomic mass is 9.77. The van der Waals surface area contributed by atoms with Crippen molar-refractivity contribution in [2.45, 2.75) is 83.5 Å². The van der Waals surface area contributed by atoms with Gasteiger partial charge in [-0.05, 0) is 48.6 Å². The van der Waals surface area contributed by atoms with E-state index in [4.69, 9.17) is 4.74 Å². The van der Waals surface area contributed by atoms with Crippen LogP contribution in [0.4, 0.5) is 0 Å². The van der Waals surface area contributed by atoms with Crippen LogP contribution in [0.3, 0.4) is 0 Å². The van der Waals surface area contributed by atoms with Gasteiger partial charge in [0, 0.05) is 0 Å². The molecule has 0 N–H and O–H groups in total. The van der Waals surface area contributed by atoms with Gasteiger partial charge in [0.1, 0.15) is 0 Å². The molecule has 2 heteroatoms. The van der Waals surface area contributed by atoms with Gasteiger partial charge in [-0.15, -0.1) is 0 Å². The first-order valence-corrected chi connectivity index (χ1v) is 9.88. The molecule has 2 rings (SSSR count). The summed E-state index contributed by atoms with van der Waals surface area (Å²) in [6.07, 6.45) is 14.3. The molecule has 1 fully saturated rings. The fourth-order valence-electron chi connectivity index (χ4n) is 3.97. The van der Waals surface area contributed by atoms with E-state index in [9.17, 15) is 4.79 Å². The third-order valence-electron chi connectivity index (χ3n) is 5.59. The Balaban J connectivity index is 1.71. The minimum absolute atomic E-state index is 0.165. The first-order valence-electron chi connectivity index (χ1n) is 9.88. The second kappa shape index (κ2) is 10.5. The lowest BCUT2D eigenvalue weighted by Crippen LogP contribution is -2.13. The Morgan fingerprint density at radius 1 is 1.00 bits per heavy atom. The molecule has 0 aromatic heterocycles. The number of hydrogen-bond acceptors (Lipinski definition) is 2. The van der Waals surface area contributed by atoms with E-state index in [0.717, 1.165) is 11.5 Å². The van der Waals surface area contributed by atoms with Crippen LogP contribution in [0.1, 0.15) is 88.2 Å². The molecule has 0 amide bonds. The summed E-state index contributed by atoms with van der Waals surface area (Å²) in [7, 11) is 1.44. The molecule has 1 aliphatic carbocycles. The van der Waals surface area contributed by atoms with Crippen molar-refractivity contribution in [1.29, 1.82) is 0 Å². The predicted octanol–water partition coefficient (Wildman–Crippen LogP) is 6.04. The van der Waals surface area contributed by atoms with Crippen LogP contribution in [0.5, 0.6) is 0 Å².